The first-order valence-corrected chi connectivity index (χ1v) is 6.37. The number of aryl methyl sites for hydroxylation is 2. The molecule has 1 heterocycles. The summed E-state index contributed by atoms with van der Waals surface area (Å²) < 4.78 is 2.06. The number of hydrogen-bond donors (Lipinski definition) is 1. The Kier molecular flexibility index (Phi) is 3.82. The van der Waals surface area contributed by atoms with E-state index in [-0.39, 0.29) is 0 Å². The van der Waals surface area contributed by atoms with Gasteiger partial charge in [0, 0.05) is 25.4 Å². The van der Waals surface area contributed by atoms with Crippen molar-refractivity contribution in [2.45, 2.75) is 39.8 Å². The number of aliphatic hydroxyl groups is 1. The maximum atomic E-state index is 10.4. The monoisotopic (exact) mass is 244 g/mol. The zero-order valence-corrected chi connectivity index (χ0v) is 11.2. The van der Waals surface area contributed by atoms with Crippen molar-refractivity contribution in [3.8, 4) is 0 Å². The van der Waals surface area contributed by atoms with E-state index in [2.05, 4.69) is 36.4 Å². The van der Waals surface area contributed by atoms with Crippen LogP contribution in [0.15, 0.2) is 30.6 Å². The molecule has 0 aliphatic rings. The smallest absolute Gasteiger partial charge is 0.111 e. The van der Waals surface area contributed by atoms with Crippen molar-refractivity contribution < 1.29 is 5.11 Å². The van der Waals surface area contributed by atoms with Gasteiger partial charge in [-0.15, -0.1) is 0 Å². The van der Waals surface area contributed by atoms with Crippen molar-refractivity contribution in [3.05, 3.63) is 53.1 Å². The fourth-order valence-corrected chi connectivity index (χ4v) is 2.24. The minimum absolute atomic E-state index is 0.488. The summed E-state index contributed by atoms with van der Waals surface area (Å²) in [6.07, 6.45) is 3.81. The molecule has 18 heavy (non-hydrogen) atoms. The van der Waals surface area contributed by atoms with E-state index in [9.17, 15) is 5.11 Å². The van der Waals surface area contributed by atoms with Gasteiger partial charge in [0.1, 0.15) is 5.82 Å². The van der Waals surface area contributed by atoms with E-state index in [4.69, 9.17) is 0 Å². The van der Waals surface area contributed by atoms with Crippen molar-refractivity contribution in [3.63, 3.8) is 0 Å². The lowest BCUT2D eigenvalue weighted by Gasteiger charge is -2.15. The predicted molar refractivity (Wildman–Crippen MR) is 72.5 cm³/mol. The summed E-state index contributed by atoms with van der Waals surface area (Å²) in [7, 11) is 0. The van der Waals surface area contributed by atoms with E-state index in [0.717, 1.165) is 17.9 Å². The van der Waals surface area contributed by atoms with Crippen LogP contribution in [0.3, 0.4) is 0 Å². The van der Waals surface area contributed by atoms with Gasteiger partial charge in [0.2, 0.25) is 0 Å². The van der Waals surface area contributed by atoms with Crippen molar-refractivity contribution >= 4 is 0 Å². The summed E-state index contributed by atoms with van der Waals surface area (Å²) in [5.74, 6) is 0.936. The Balaban J connectivity index is 2.22. The molecule has 1 atom stereocenters. The molecule has 0 radical (unpaired) electrons. The second kappa shape index (κ2) is 5.36. The van der Waals surface area contributed by atoms with Crippen LogP contribution in [-0.2, 0) is 13.0 Å². The first-order valence-electron chi connectivity index (χ1n) is 6.37. The van der Waals surface area contributed by atoms with Crippen LogP contribution in [0.2, 0.25) is 0 Å². The number of nitrogens with zero attached hydrogens (tertiary/aromatic N) is 2. The van der Waals surface area contributed by atoms with Crippen LogP contribution in [0.25, 0.3) is 0 Å². The number of aromatic nitrogens is 2. The number of rotatable bonds is 4. The summed E-state index contributed by atoms with van der Waals surface area (Å²) in [6, 6.07) is 6.05. The maximum Gasteiger partial charge on any atom is 0.111 e. The van der Waals surface area contributed by atoms with Gasteiger partial charge in [-0.2, -0.15) is 0 Å². The fourth-order valence-electron chi connectivity index (χ4n) is 2.24. The fraction of sp³-hybridized carbons (Fsp3) is 0.400. The topological polar surface area (TPSA) is 38.0 Å². The van der Waals surface area contributed by atoms with Gasteiger partial charge in [-0.3, -0.25) is 0 Å². The molecule has 0 saturated heterocycles. The van der Waals surface area contributed by atoms with Gasteiger partial charge < -0.3 is 9.67 Å². The van der Waals surface area contributed by atoms with Crippen LogP contribution in [0, 0.1) is 13.8 Å². The Bertz CT molecular complexity index is 531. The molecule has 1 N–H and O–H groups in total. The second-order valence-corrected chi connectivity index (χ2v) is 4.64. The van der Waals surface area contributed by atoms with Crippen LogP contribution in [0.5, 0.6) is 0 Å². The summed E-state index contributed by atoms with van der Waals surface area (Å²) in [6.45, 7) is 7.09. The number of imidazole rings is 1. The van der Waals surface area contributed by atoms with Crippen molar-refractivity contribution in [1.29, 1.82) is 0 Å². The highest BCUT2D eigenvalue weighted by atomic mass is 16.3. The van der Waals surface area contributed by atoms with E-state index < -0.39 is 6.10 Å². The van der Waals surface area contributed by atoms with Gasteiger partial charge in [0.15, 0.2) is 0 Å². The average molecular weight is 244 g/mol. The molecule has 1 unspecified atom stereocenters. The van der Waals surface area contributed by atoms with E-state index in [1.165, 1.54) is 11.1 Å². The normalized spacial score (nSPS) is 12.7. The third kappa shape index (κ3) is 2.46. The SMILES string of the molecule is CCn1ccnc1CC(O)c1cccc(C)c1C. The summed E-state index contributed by atoms with van der Waals surface area (Å²) in [5.41, 5.74) is 3.38. The Hall–Kier alpha value is -1.61. The molecule has 96 valence electrons. The lowest BCUT2D eigenvalue weighted by Crippen LogP contribution is -2.09. The van der Waals surface area contributed by atoms with E-state index >= 15 is 0 Å². The molecule has 3 heteroatoms. The molecular formula is C15H20N2O. The number of hydrogen-bond acceptors (Lipinski definition) is 2. The zero-order valence-electron chi connectivity index (χ0n) is 11.2. The van der Waals surface area contributed by atoms with Gasteiger partial charge in [-0.05, 0) is 37.5 Å². The zero-order chi connectivity index (χ0) is 13.1. The highest BCUT2D eigenvalue weighted by Gasteiger charge is 2.14. The third-order valence-corrected chi connectivity index (χ3v) is 3.52. The first-order chi connectivity index (χ1) is 8.63. The lowest BCUT2D eigenvalue weighted by atomic mass is 9.97. The Morgan fingerprint density at radius 1 is 1.33 bits per heavy atom. The second-order valence-electron chi connectivity index (χ2n) is 4.64. The van der Waals surface area contributed by atoms with Gasteiger partial charge in [-0.1, -0.05) is 18.2 Å². The van der Waals surface area contributed by atoms with Crippen molar-refractivity contribution in [2.75, 3.05) is 0 Å². The molecule has 0 spiro atoms. The Morgan fingerprint density at radius 3 is 2.83 bits per heavy atom. The van der Waals surface area contributed by atoms with Crippen LogP contribution in [0.4, 0.5) is 0 Å². The first kappa shape index (κ1) is 12.8. The lowest BCUT2D eigenvalue weighted by molar-refractivity contribution is 0.173. The highest BCUT2D eigenvalue weighted by molar-refractivity contribution is 5.34. The maximum absolute atomic E-state index is 10.4. The van der Waals surface area contributed by atoms with Gasteiger partial charge in [0.05, 0.1) is 6.10 Å². The van der Waals surface area contributed by atoms with Gasteiger partial charge in [-0.25, -0.2) is 4.98 Å². The molecule has 2 aromatic rings. The molecule has 3 nitrogen and oxygen atoms in total. The highest BCUT2D eigenvalue weighted by Crippen LogP contribution is 2.23. The van der Waals surface area contributed by atoms with Gasteiger partial charge in [0.25, 0.3) is 0 Å². The number of benzene rings is 1. The van der Waals surface area contributed by atoms with Gasteiger partial charge >= 0.3 is 0 Å². The Labute approximate surface area is 108 Å². The molecule has 0 aliphatic carbocycles. The number of aliphatic hydroxyl groups excluding tert-OH is 1. The van der Waals surface area contributed by atoms with Crippen LogP contribution < -0.4 is 0 Å². The molecule has 0 amide bonds. The molecule has 0 saturated carbocycles. The average Bonchev–Trinajstić information content (AvgIpc) is 2.79. The molecule has 1 aromatic heterocycles. The summed E-state index contributed by atoms with van der Waals surface area (Å²) >= 11 is 0. The van der Waals surface area contributed by atoms with Crippen molar-refractivity contribution in [2.24, 2.45) is 0 Å². The Morgan fingerprint density at radius 2 is 2.11 bits per heavy atom. The minimum atomic E-state index is -0.488. The summed E-state index contributed by atoms with van der Waals surface area (Å²) in [5, 5.41) is 10.4. The van der Waals surface area contributed by atoms with E-state index in [1.54, 1.807) is 6.20 Å². The quantitative estimate of drug-likeness (QED) is 0.898. The van der Waals surface area contributed by atoms with Crippen LogP contribution in [-0.4, -0.2) is 14.7 Å². The molecular weight excluding hydrogens is 224 g/mol. The summed E-state index contributed by atoms with van der Waals surface area (Å²) in [4.78, 5) is 4.31. The third-order valence-electron chi connectivity index (χ3n) is 3.52. The predicted octanol–water partition coefficient (Wildman–Crippen LogP) is 2.80. The minimum Gasteiger partial charge on any atom is -0.388 e. The standard InChI is InChI=1S/C15H20N2O/c1-4-17-9-8-16-15(17)10-14(18)13-7-5-6-11(2)12(13)3/h5-9,14,18H,4,10H2,1-3H3. The van der Waals surface area contributed by atoms with Crippen molar-refractivity contribution in [1.82, 2.24) is 9.55 Å². The largest absolute Gasteiger partial charge is 0.388 e. The molecule has 0 fully saturated rings. The van der Waals surface area contributed by atoms with E-state index in [0.29, 0.717) is 6.42 Å². The van der Waals surface area contributed by atoms with Crippen LogP contribution in [0.1, 0.15) is 35.5 Å². The molecule has 0 aliphatic heterocycles. The molecule has 0 bridgehead atoms. The van der Waals surface area contributed by atoms with E-state index in [1.807, 2.05) is 18.3 Å². The molecule has 1 aromatic carbocycles. The van der Waals surface area contributed by atoms with Crippen LogP contribution >= 0.6 is 0 Å². The molecule has 2 rings (SSSR count).